The zero-order chi connectivity index (χ0) is 13.2. The van der Waals surface area contributed by atoms with Crippen LogP contribution in [0.3, 0.4) is 0 Å². The molecular formula is C14H15NO3. The number of carboxylic acid groups (broad SMARTS) is 1. The Kier molecular flexibility index (Phi) is 3.19. The lowest BCUT2D eigenvalue weighted by atomic mass is 9.86. The van der Waals surface area contributed by atoms with Gasteiger partial charge in [-0.05, 0) is 25.0 Å². The molecule has 0 aliphatic carbocycles. The van der Waals surface area contributed by atoms with E-state index in [-0.39, 0.29) is 5.91 Å². The number of hydrogen-bond donors (Lipinski definition) is 1. The number of carbonyl (C=O) groups excluding carboxylic acids is 1. The van der Waals surface area contributed by atoms with Crippen LogP contribution in [0, 0.1) is 0 Å². The second-order valence-corrected chi connectivity index (χ2v) is 4.56. The number of nitrogens with zero attached hydrogens (tertiary/aromatic N) is 1. The molecule has 0 bridgehead atoms. The highest BCUT2D eigenvalue weighted by Crippen LogP contribution is 2.30. The zero-order valence-electron chi connectivity index (χ0n) is 10.2. The fourth-order valence-electron chi connectivity index (χ4n) is 1.96. The summed E-state index contributed by atoms with van der Waals surface area (Å²) in [6, 6.07) is 9.44. The second kappa shape index (κ2) is 4.64. The lowest BCUT2D eigenvalue weighted by Crippen LogP contribution is -2.64. The van der Waals surface area contributed by atoms with Crippen molar-refractivity contribution in [1.82, 2.24) is 4.90 Å². The Hall–Kier alpha value is -2.10. The van der Waals surface area contributed by atoms with Crippen LogP contribution in [0.25, 0.3) is 6.08 Å². The third-order valence-electron chi connectivity index (χ3n) is 3.36. The molecule has 1 aliphatic heterocycles. The van der Waals surface area contributed by atoms with Crippen molar-refractivity contribution >= 4 is 18.0 Å². The maximum atomic E-state index is 11.9. The summed E-state index contributed by atoms with van der Waals surface area (Å²) in [5, 5.41) is 9.08. The van der Waals surface area contributed by atoms with Crippen LogP contribution in [-0.2, 0) is 9.59 Å². The van der Waals surface area contributed by atoms with Crippen molar-refractivity contribution in [2.45, 2.75) is 18.9 Å². The Morgan fingerprint density at radius 1 is 1.33 bits per heavy atom. The van der Waals surface area contributed by atoms with Crippen LogP contribution < -0.4 is 0 Å². The first-order valence-corrected chi connectivity index (χ1v) is 5.82. The summed E-state index contributed by atoms with van der Waals surface area (Å²) in [4.78, 5) is 24.4. The third kappa shape index (κ3) is 2.14. The van der Waals surface area contributed by atoms with E-state index in [0.717, 1.165) is 5.56 Å². The number of likely N-dealkylation sites (tertiary alicyclic amines) is 1. The van der Waals surface area contributed by atoms with E-state index in [1.807, 2.05) is 30.3 Å². The SMILES string of the molecule is CC1(C(=O)O)CCN1C(=O)/C=C/c1ccccc1. The lowest BCUT2D eigenvalue weighted by Gasteiger charge is -2.46. The highest BCUT2D eigenvalue weighted by Gasteiger charge is 2.49. The van der Waals surface area contributed by atoms with Crippen LogP contribution in [0.2, 0.25) is 0 Å². The van der Waals surface area contributed by atoms with Crippen molar-refractivity contribution in [1.29, 1.82) is 0 Å². The fraction of sp³-hybridized carbons (Fsp3) is 0.286. The number of aliphatic carboxylic acids is 1. The molecule has 1 saturated heterocycles. The minimum absolute atomic E-state index is 0.255. The van der Waals surface area contributed by atoms with E-state index < -0.39 is 11.5 Å². The van der Waals surface area contributed by atoms with E-state index >= 15 is 0 Å². The first-order chi connectivity index (χ1) is 8.54. The number of carbonyl (C=O) groups is 2. The smallest absolute Gasteiger partial charge is 0.329 e. The van der Waals surface area contributed by atoms with Crippen molar-refractivity contribution in [3.05, 3.63) is 42.0 Å². The summed E-state index contributed by atoms with van der Waals surface area (Å²) < 4.78 is 0. The predicted molar refractivity (Wildman–Crippen MR) is 67.8 cm³/mol. The van der Waals surface area contributed by atoms with Gasteiger partial charge in [0.05, 0.1) is 0 Å². The molecule has 1 atom stereocenters. The molecule has 0 aromatic heterocycles. The van der Waals surface area contributed by atoms with Gasteiger partial charge in [0.2, 0.25) is 5.91 Å². The molecule has 1 aliphatic rings. The van der Waals surface area contributed by atoms with Crippen molar-refractivity contribution in [3.8, 4) is 0 Å². The van der Waals surface area contributed by atoms with Gasteiger partial charge in [-0.15, -0.1) is 0 Å². The molecule has 1 fully saturated rings. The number of amides is 1. The Balaban J connectivity index is 2.06. The molecule has 1 N–H and O–H groups in total. The van der Waals surface area contributed by atoms with E-state index in [1.165, 1.54) is 11.0 Å². The van der Waals surface area contributed by atoms with Gasteiger partial charge in [0.25, 0.3) is 0 Å². The minimum Gasteiger partial charge on any atom is -0.480 e. The van der Waals surface area contributed by atoms with E-state index in [0.29, 0.717) is 13.0 Å². The van der Waals surface area contributed by atoms with Gasteiger partial charge in [-0.1, -0.05) is 30.3 Å². The Bertz CT molecular complexity index is 495. The molecule has 18 heavy (non-hydrogen) atoms. The third-order valence-corrected chi connectivity index (χ3v) is 3.36. The molecule has 0 radical (unpaired) electrons. The molecule has 1 aromatic rings. The molecule has 0 saturated carbocycles. The van der Waals surface area contributed by atoms with Gasteiger partial charge in [0.15, 0.2) is 0 Å². The average Bonchev–Trinajstić information content (AvgIpc) is 2.35. The minimum atomic E-state index is -1.04. The first-order valence-electron chi connectivity index (χ1n) is 5.82. The zero-order valence-corrected chi connectivity index (χ0v) is 10.2. The summed E-state index contributed by atoms with van der Waals surface area (Å²) in [5.74, 6) is -1.20. The molecule has 1 aromatic carbocycles. The van der Waals surface area contributed by atoms with Gasteiger partial charge in [0.1, 0.15) is 5.54 Å². The van der Waals surface area contributed by atoms with E-state index in [4.69, 9.17) is 5.11 Å². The van der Waals surface area contributed by atoms with Crippen LogP contribution in [-0.4, -0.2) is 34.0 Å². The number of rotatable bonds is 3. The largest absolute Gasteiger partial charge is 0.480 e. The molecule has 0 spiro atoms. The molecule has 94 valence electrons. The monoisotopic (exact) mass is 245 g/mol. The summed E-state index contributed by atoms with van der Waals surface area (Å²) >= 11 is 0. The van der Waals surface area contributed by atoms with E-state index in [2.05, 4.69) is 0 Å². The molecule has 1 amide bonds. The molecule has 1 heterocycles. The van der Waals surface area contributed by atoms with Crippen LogP contribution in [0.5, 0.6) is 0 Å². The maximum Gasteiger partial charge on any atom is 0.329 e. The fourth-order valence-corrected chi connectivity index (χ4v) is 1.96. The van der Waals surface area contributed by atoms with Crippen LogP contribution in [0.4, 0.5) is 0 Å². The quantitative estimate of drug-likeness (QED) is 0.826. The van der Waals surface area contributed by atoms with Crippen LogP contribution in [0.1, 0.15) is 18.9 Å². The molecule has 4 nitrogen and oxygen atoms in total. The second-order valence-electron chi connectivity index (χ2n) is 4.56. The summed E-state index contributed by atoms with van der Waals surface area (Å²) in [7, 11) is 0. The maximum absolute atomic E-state index is 11.9. The summed E-state index contributed by atoms with van der Waals surface area (Å²) in [6.45, 7) is 2.08. The first kappa shape index (κ1) is 12.4. The van der Waals surface area contributed by atoms with E-state index in [9.17, 15) is 9.59 Å². The predicted octanol–water partition coefficient (Wildman–Crippen LogP) is 1.78. The van der Waals surface area contributed by atoms with Gasteiger partial charge < -0.3 is 10.0 Å². The number of hydrogen-bond acceptors (Lipinski definition) is 2. The van der Waals surface area contributed by atoms with Crippen LogP contribution in [0.15, 0.2) is 36.4 Å². The van der Waals surface area contributed by atoms with Gasteiger partial charge in [-0.2, -0.15) is 0 Å². The Morgan fingerprint density at radius 2 is 2.00 bits per heavy atom. The summed E-state index contributed by atoms with van der Waals surface area (Å²) in [5.41, 5.74) is -0.124. The van der Waals surface area contributed by atoms with Crippen molar-refractivity contribution in [2.75, 3.05) is 6.54 Å². The lowest BCUT2D eigenvalue weighted by molar-refractivity contribution is -0.166. The number of carboxylic acids is 1. The molecule has 4 heteroatoms. The van der Waals surface area contributed by atoms with Gasteiger partial charge in [-0.3, -0.25) is 4.79 Å². The van der Waals surface area contributed by atoms with Gasteiger partial charge >= 0.3 is 5.97 Å². The van der Waals surface area contributed by atoms with Crippen molar-refractivity contribution in [3.63, 3.8) is 0 Å². The van der Waals surface area contributed by atoms with Crippen LogP contribution >= 0.6 is 0 Å². The van der Waals surface area contributed by atoms with E-state index in [1.54, 1.807) is 13.0 Å². The average molecular weight is 245 g/mol. The number of benzene rings is 1. The molecule has 2 rings (SSSR count). The molecule has 1 unspecified atom stereocenters. The highest BCUT2D eigenvalue weighted by atomic mass is 16.4. The Labute approximate surface area is 106 Å². The van der Waals surface area contributed by atoms with Gasteiger partial charge in [-0.25, -0.2) is 4.79 Å². The summed E-state index contributed by atoms with van der Waals surface area (Å²) in [6.07, 6.45) is 3.63. The van der Waals surface area contributed by atoms with Gasteiger partial charge in [0, 0.05) is 12.6 Å². The van der Waals surface area contributed by atoms with Crippen molar-refractivity contribution in [2.24, 2.45) is 0 Å². The Morgan fingerprint density at radius 3 is 2.50 bits per heavy atom. The normalized spacial score (nSPS) is 22.8. The highest BCUT2D eigenvalue weighted by molar-refractivity contribution is 5.97. The van der Waals surface area contributed by atoms with Crippen molar-refractivity contribution < 1.29 is 14.7 Å². The standard InChI is InChI=1S/C14H15NO3/c1-14(13(17)18)9-10-15(14)12(16)8-7-11-5-3-2-4-6-11/h2-8H,9-10H2,1H3,(H,17,18)/b8-7+. The molecular weight excluding hydrogens is 230 g/mol. The topological polar surface area (TPSA) is 57.6 Å².